The van der Waals surface area contributed by atoms with Gasteiger partial charge in [0.15, 0.2) is 0 Å². The fraction of sp³-hybridized carbons (Fsp3) is 0.409. The highest BCUT2D eigenvalue weighted by atomic mass is 32.2. The normalized spacial score (nSPS) is 15.1. The SMILES string of the molecule is CCC(=O)Nc1ccc(S(=O)(=O)NCCCN2CCN(c3ccccc3F)CC2)cc1. The van der Waals surface area contributed by atoms with Crippen LogP contribution in [0.4, 0.5) is 15.8 Å². The molecule has 0 atom stereocenters. The van der Waals surface area contributed by atoms with E-state index in [1.807, 2.05) is 11.0 Å². The predicted octanol–water partition coefficient (Wildman–Crippen LogP) is 2.66. The average Bonchev–Trinajstić information content (AvgIpc) is 2.78. The van der Waals surface area contributed by atoms with E-state index in [4.69, 9.17) is 0 Å². The number of sulfonamides is 1. The number of hydrogen-bond donors (Lipinski definition) is 2. The Bertz CT molecular complexity index is 975. The van der Waals surface area contributed by atoms with Crippen molar-refractivity contribution in [3.63, 3.8) is 0 Å². The zero-order valence-corrected chi connectivity index (χ0v) is 18.5. The number of halogens is 1. The minimum Gasteiger partial charge on any atom is -0.367 e. The molecule has 1 amide bonds. The van der Waals surface area contributed by atoms with Crippen molar-refractivity contribution in [2.75, 3.05) is 49.5 Å². The van der Waals surface area contributed by atoms with Gasteiger partial charge in [0.25, 0.3) is 0 Å². The van der Waals surface area contributed by atoms with E-state index in [9.17, 15) is 17.6 Å². The van der Waals surface area contributed by atoms with Crippen molar-refractivity contribution in [2.24, 2.45) is 0 Å². The summed E-state index contributed by atoms with van der Waals surface area (Å²) in [4.78, 5) is 15.9. The number of anilines is 2. The van der Waals surface area contributed by atoms with E-state index in [0.717, 1.165) is 32.7 Å². The van der Waals surface area contributed by atoms with Crippen molar-refractivity contribution in [2.45, 2.75) is 24.7 Å². The van der Waals surface area contributed by atoms with E-state index in [0.29, 0.717) is 30.8 Å². The van der Waals surface area contributed by atoms with Crippen molar-refractivity contribution in [3.05, 3.63) is 54.3 Å². The molecule has 2 aromatic carbocycles. The first-order valence-electron chi connectivity index (χ1n) is 10.5. The van der Waals surface area contributed by atoms with Crippen molar-refractivity contribution in [3.8, 4) is 0 Å². The van der Waals surface area contributed by atoms with Crippen LogP contribution < -0.4 is 14.9 Å². The highest BCUT2D eigenvalue weighted by molar-refractivity contribution is 7.89. The molecule has 1 aliphatic rings. The summed E-state index contributed by atoms with van der Waals surface area (Å²) in [5.74, 6) is -0.324. The highest BCUT2D eigenvalue weighted by Gasteiger charge is 2.19. The molecule has 9 heteroatoms. The Kier molecular flexibility index (Phi) is 8.00. The Balaban J connectivity index is 1.40. The van der Waals surface area contributed by atoms with E-state index >= 15 is 0 Å². The fourth-order valence-corrected chi connectivity index (χ4v) is 4.55. The third kappa shape index (κ3) is 6.49. The number of hydrogen-bond acceptors (Lipinski definition) is 5. The Labute approximate surface area is 183 Å². The van der Waals surface area contributed by atoms with Crippen LogP contribution in [-0.2, 0) is 14.8 Å². The molecule has 3 rings (SSSR count). The van der Waals surface area contributed by atoms with Crippen LogP contribution in [0.1, 0.15) is 19.8 Å². The Hall–Kier alpha value is -2.49. The number of rotatable bonds is 9. The fourth-order valence-electron chi connectivity index (χ4n) is 3.48. The zero-order valence-electron chi connectivity index (χ0n) is 17.7. The second-order valence-corrected chi connectivity index (χ2v) is 9.22. The van der Waals surface area contributed by atoms with E-state index in [2.05, 4.69) is 14.9 Å². The van der Waals surface area contributed by atoms with Gasteiger partial charge in [-0.25, -0.2) is 17.5 Å². The quantitative estimate of drug-likeness (QED) is 0.577. The van der Waals surface area contributed by atoms with E-state index in [1.165, 1.54) is 18.2 Å². The molecule has 1 saturated heterocycles. The summed E-state index contributed by atoms with van der Waals surface area (Å²) >= 11 is 0. The molecular weight excluding hydrogens is 419 g/mol. The molecule has 0 bridgehead atoms. The van der Waals surface area contributed by atoms with Crippen molar-refractivity contribution in [1.82, 2.24) is 9.62 Å². The molecule has 1 heterocycles. The molecular formula is C22H29FN4O3S. The first-order valence-corrected chi connectivity index (χ1v) is 12.0. The molecule has 168 valence electrons. The second-order valence-electron chi connectivity index (χ2n) is 7.46. The van der Waals surface area contributed by atoms with E-state index < -0.39 is 10.0 Å². The Morgan fingerprint density at radius 3 is 2.35 bits per heavy atom. The summed E-state index contributed by atoms with van der Waals surface area (Å²) in [7, 11) is -3.59. The van der Waals surface area contributed by atoms with Crippen molar-refractivity contribution < 1.29 is 17.6 Å². The summed E-state index contributed by atoms with van der Waals surface area (Å²) in [5, 5.41) is 2.69. The summed E-state index contributed by atoms with van der Waals surface area (Å²) in [6.07, 6.45) is 1.05. The van der Waals surface area contributed by atoms with Gasteiger partial charge in [-0.1, -0.05) is 19.1 Å². The minimum atomic E-state index is -3.59. The second kappa shape index (κ2) is 10.7. The van der Waals surface area contributed by atoms with Gasteiger partial charge in [0.05, 0.1) is 10.6 Å². The van der Waals surface area contributed by atoms with Gasteiger partial charge in [-0.05, 0) is 49.4 Å². The molecule has 0 aromatic heterocycles. The van der Waals surface area contributed by atoms with Crippen LogP contribution in [0.25, 0.3) is 0 Å². The van der Waals surface area contributed by atoms with Crippen LogP contribution in [0.3, 0.4) is 0 Å². The summed E-state index contributed by atoms with van der Waals surface area (Å²) in [6.45, 7) is 5.97. The molecule has 1 fully saturated rings. The standard InChI is InChI=1S/C22H29FN4O3S/c1-2-22(28)25-18-8-10-19(11-9-18)31(29,30)24-12-5-13-26-14-16-27(17-15-26)21-7-4-3-6-20(21)23/h3-4,6-11,24H,2,5,12-17H2,1H3,(H,25,28). The van der Waals surface area contributed by atoms with Gasteiger partial charge in [-0.2, -0.15) is 0 Å². The Morgan fingerprint density at radius 1 is 1.03 bits per heavy atom. The number of amides is 1. The topological polar surface area (TPSA) is 81.7 Å². The number of carbonyl (C=O) groups is 1. The van der Waals surface area contributed by atoms with Gasteiger partial charge >= 0.3 is 0 Å². The van der Waals surface area contributed by atoms with Crippen molar-refractivity contribution >= 4 is 27.3 Å². The number of carbonyl (C=O) groups excluding carboxylic acids is 1. The monoisotopic (exact) mass is 448 g/mol. The molecule has 2 aromatic rings. The lowest BCUT2D eigenvalue weighted by atomic mass is 10.2. The van der Waals surface area contributed by atoms with E-state index in [-0.39, 0.29) is 16.6 Å². The first kappa shape index (κ1) is 23.2. The zero-order chi connectivity index (χ0) is 22.3. The van der Waals surface area contributed by atoms with Gasteiger partial charge in [-0.15, -0.1) is 0 Å². The maximum Gasteiger partial charge on any atom is 0.240 e. The van der Waals surface area contributed by atoms with Crippen LogP contribution in [-0.4, -0.2) is 58.5 Å². The van der Waals surface area contributed by atoms with Crippen LogP contribution >= 0.6 is 0 Å². The number of para-hydroxylation sites is 1. The number of nitrogens with one attached hydrogen (secondary N) is 2. The van der Waals surface area contributed by atoms with Gasteiger partial charge in [0.1, 0.15) is 5.82 Å². The van der Waals surface area contributed by atoms with Gasteiger partial charge in [0, 0.05) is 44.8 Å². The van der Waals surface area contributed by atoms with Crippen LogP contribution in [0.15, 0.2) is 53.4 Å². The maximum absolute atomic E-state index is 13.9. The third-order valence-corrected chi connectivity index (χ3v) is 6.76. The third-order valence-electron chi connectivity index (χ3n) is 5.28. The molecule has 1 aliphatic heterocycles. The molecule has 0 saturated carbocycles. The lowest BCUT2D eigenvalue weighted by Crippen LogP contribution is -2.47. The summed E-state index contributed by atoms with van der Waals surface area (Å²) in [6, 6.07) is 12.9. The highest BCUT2D eigenvalue weighted by Crippen LogP contribution is 2.20. The van der Waals surface area contributed by atoms with Crippen LogP contribution in [0.5, 0.6) is 0 Å². The average molecular weight is 449 g/mol. The number of piperazine rings is 1. The number of benzene rings is 2. The van der Waals surface area contributed by atoms with Crippen LogP contribution in [0.2, 0.25) is 0 Å². The lowest BCUT2D eigenvalue weighted by molar-refractivity contribution is -0.115. The molecule has 7 nitrogen and oxygen atoms in total. The van der Waals surface area contributed by atoms with E-state index in [1.54, 1.807) is 31.2 Å². The van der Waals surface area contributed by atoms with Gasteiger partial charge in [-0.3, -0.25) is 9.69 Å². The predicted molar refractivity (Wildman–Crippen MR) is 120 cm³/mol. The lowest BCUT2D eigenvalue weighted by Gasteiger charge is -2.36. The summed E-state index contributed by atoms with van der Waals surface area (Å²) in [5.41, 5.74) is 1.20. The first-order chi connectivity index (χ1) is 14.9. The van der Waals surface area contributed by atoms with Gasteiger partial charge < -0.3 is 10.2 Å². The molecule has 0 aliphatic carbocycles. The van der Waals surface area contributed by atoms with Gasteiger partial charge in [0.2, 0.25) is 15.9 Å². The number of nitrogens with zero attached hydrogens (tertiary/aromatic N) is 2. The largest absolute Gasteiger partial charge is 0.367 e. The smallest absolute Gasteiger partial charge is 0.240 e. The summed E-state index contributed by atoms with van der Waals surface area (Å²) < 4.78 is 41.5. The molecule has 0 unspecified atom stereocenters. The molecule has 0 spiro atoms. The molecule has 2 N–H and O–H groups in total. The minimum absolute atomic E-state index is 0.122. The van der Waals surface area contributed by atoms with Crippen LogP contribution in [0, 0.1) is 5.82 Å². The van der Waals surface area contributed by atoms with Crippen molar-refractivity contribution in [1.29, 1.82) is 0 Å². The maximum atomic E-state index is 13.9. The molecule has 0 radical (unpaired) electrons. The molecule has 31 heavy (non-hydrogen) atoms. The Morgan fingerprint density at radius 2 is 1.71 bits per heavy atom.